The van der Waals surface area contributed by atoms with Crippen molar-refractivity contribution in [1.29, 1.82) is 0 Å². The van der Waals surface area contributed by atoms with E-state index in [0.29, 0.717) is 5.41 Å². The van der Waals surface area contributed by atoms with Gasteiger partial charge in [0.15, 0.2) is 0 Å². The molecule has 0 aromatic carbocycles. The normalized spacial score (nSPS) is 18.6. The molecule has 0 saturated carbocycles. The van der Waals surface area contributed by atoms with Crippen LogP contribution < -0.4 is 0 Å². The van der Waals surface area contributed by atoms with Crippen molar-refractivity contribution in [2.45, 2.75) is 74.7 Å². The van der Waals surface area contributed by atoms with Crippen molar-refractivity contribution < 1.29 is 0 Å². The monoisotopic (exact) mass is 226 g/mol. The predicted octanol–water partition coefficient (Wildman–Crippen LogP) is 5.77. The maximum Gasteiger partial charge on any atom is -0.0326 e. The van der Waals surface area contributed by atoms with Gasteiger partial charge in [-0.1, -0.05) is 68.2 Å². The molecule has 0 saturated heterocycles. The molecule has 0 aromatic heterocycles. The first-order chi connectivity index (χ1) is 7.22. The maximum absolute atomic E-state index is 2.46. The van der Waals surface area contributed by atoms with E-state index < -0.39 is 0 Å². The van der Waals surface area contributed by atoms with Gasteiger partial charge in [0.1, 0.15) is 0 Å². The summed E-state index contributed by atoms with van der Waals surface area (Å²) in [6, 6.07) is 0. The first-order valence-electron chi connectivity index (χ1n) is 7.22. The quantitative estimate of drug-likeness (QED) is 0.517. The molecular weight excluding hydrogens is 192 g/mol. The van der Waals surface area contributed by atoms with Crippen LogP contribution in [0.5, 0.6) is 0 Å². The van der Waals surface area contributed by atoms with E-state index in [9.17, 15) is 0 Å². The second-order valence-electron chi connectivity index (χ2n) is 6.96. The third kappa shape index (κ3) is 4.89. The van der Waals surface area contributed by atoms with Crippen LogP contribution in [0.3, 0.4) is 0 Å². The number of rotatable bonds is 7. The first kappa shape index (κ1) is 16.0. The Morgan fingerprint density at radius 3 is 1.81 bits per heavy atom. The fourth-order valence-electron chi connectivity index (χ4n) is 2.70. The molecule has 98 valence electrons. The lowest BCUT2D eigenvalue weighted by Gasteiger charge is -2.37. The zero-order valence-electron chi connectivity index (χ0n) is 12.9. The molecule has 0 fully saturated rings. The summed E-state index contributed by atoms with van der Waals surface area (Å²) in [5.41, 5.74) is 0.499. The minimum atomic E-state index is 0.499. The number of hydrogen-bond acceptors (Lipinski definition) is 0. The van der Waals surface area contributed by atoms with Crippen LogP contribution in [-0.4, -0.2) is 0 Å². The molecule has 0 spiro atoms. The van der Waals surface area contributed by atoms with Crippen molar-refractivity contribution in [2.75, 3.05) is 0 Å². The summed E-state index contributed by atoms with van der Waals surface area (Å²) in [5.74, 6) is 3.34. The molecule has 16 heavy (non-hydrogen) atoms. The summed E-state index contributed by atoms with van der Waals surface area (Å²) in [6.07, 6.45) is 4.06. The van der Waals surface area contributed by atoms with Crippen LogP contribution in [0.4, 0.5) is 0 Å². The Hall–Kier alpha value is 0. The van der Waals surface area contributed by atoms with Gasteiger partial charge in [-0.3, -0.25) is 0 Å². The summed E-state index contributed by atoms with van der Waals surface area (Å²) in [6.45, 7) is 19.2. The van der Waals surface area contributed by atoms with Crippen molar-refractivity contribution in [2.24, 2.45) is 29.1 Å². The molecule has 0 bridgehead atoms. The van der Waals surface area contributed by atoms with Crippen LogP contribution >= 0.6 is 0 Å². The van der Waals surface area contributed by atoms with Gasteiger partial charge in [-0.25, -0.2) is 0 Å². The van der Waals surface area contributed by atoms with E-state index in [1.807, 2.05) is 0 Å². The smallest absolute Gasteiger partial charge is 0.0326 e. The third-order valence-electron chi connectivity index (χ3n) is 4.85. The van der Waals surface area contributed by atoms with E-state index in [-0.39, 0.29) is 0 Å². The third-order valence-corrected chi connectivity index (χ3v) is 4.85. The van der Waals surface area contributed by atoms with E-state index in [0.717, 1.165) is 23.7 Å². The summed E-state index contributed by atoms with van der Waals surface area (Å²) in [5, 5.41) is 0. The van der Waals surface area contributed by atoms with Gasteiger partial charge in [-0.05, 0) is 35.5 Å². The van der Waals surface area contributed by atoms with Crippen molar-refractivity contribution in [3.63, 3.8) is 0 Å². The Morgan fingerprint density at radius 1 is 0.938 bits per heavy atom. The molecule has 0 aliphatic rings. The molecule has 0 radical (unpaired) electrons. The van der Waals surface area contributed by atoms with Gasteiger partial charge in [-0.2, -0.15) is 0 Å². The highest BCUT2D eigenvalue weighted by molar-refractivity contribution is 4.79. The van der Waals surface area contributed by atoms with E-state index in [1.54, 1.807) is 0 Å². The van der Waals surface area contributed by atoms with Crippen molar-refractivity contribution in [3.05, 3.63) is 0 Å². The van der Waals surface area contributed by atoms with Crippen LogP contribution in [0, 0.1) is 29.1 Å². The lowest BCUT2D eigenvalue weighted by Crippen LogP contribution is -2.27. The zero-order valence-corrected chi connectivity index (χ0v) is 12.9. The molecule has 0 amide bonds. The average molecular weight is 226 g/mol. The Balaban J connectivity index is 4.34. The second kappa shape index (κ2) is 6.67. The molecule has 0 aromatic rings. The minimum absolute atomic E-state index is 0.499. The van der Waals surface area contributed by atoms with Gasteiger partial charge in [0.2, 0.25) is 0 Å². The fraction of sp³-hybridized carbons (Fsp3) is 1.00. The Kier molecular flexibility index (Phi) is 6.67. The van der Waals surface area contributed by atoms with Gasteiger partial charge < -0.3 is 0 Å². The molecule has 0 rings (SSSR count). The van der Waals surface area contributed by atoms with E-state index in [2.05, 4.69) is 55.4 Å². The first-order valence-corrected chi connectivity index (χ1v) is 7.22. The molecule has 0 aliphatic carbocycles. The van der Waals surface area contributed by atoms with Crippen LogP contribution in [0.1, 0.15) is 74.7 Å². The van der Waals surface area contributed by atoms with Gasteiger partial charge in [0.25, 0.3) is 0 Å². The summed E-state index contributed by atoms with van der Waals surface area (Å²) in [7, 11) is 0. The predicted molar refractivity (Wildman–Crippen MR) is 75.6 cm³/mol. The summed E-state index contributed by atoms with van der Waals surface area (Å²) < 4.78 is 0. The summed E-state index contributed by atoms with van der Waals surface area (Å²) in [4.78, 5) is 0. The van der Waals surface area contributed by atoms with Crippen LogP contribution in [0.15, 0.2) is 0 Å². The molecule has 3 atom stereocenters. The van der Waals surface area contributed by atoms with Crippen molar-refractivity contribution >= 4 is 0 Å². The molecular formula is C16H34. The lowest BCUT2D eigenvalue weighted by atomic mass is 9.69. The maximum atomic E-state index is 2.46. The Labute approximate surface area is 104 Å². The topological polar surface area (TPSA) is 0 Å². The van der Waals surface area contributed by atoms with Crippen molar-refractivity contribution in [3.8, 4) is 0 Å². The Morgan fingerprint density at radius 2 is 1.44 bits per heavy atom. The largest absolute Gasteiger partial charge is 0.0654 e. The molecule has 0 aliphatic heterocycles. The SMILES string of the molecule is CCCC(C)C(C)(C)CC(C)C(C)C(C)C. The number of hydrogen-bond donors (Lipinski definition) is 0. The van der Waals surface area contributed by atoms with Crippen molar-refractivity contribution in [1.82, 2.24) is 0 Å². The fourth-order valence-corrected chi connectivity index (χ4v) is 2.70. The van der Waals surface area contributed by atoms with E-state index >= 15 is 0 Å². The van der Waals surface area contributed by atoms with Gasteiger partial charge in [-0.15, -0.1) is 0 Å². The van der Waals surface area contributed by atoms with Gasteiger partial charge in [0.05, 0.1) is 0 Å². The van der Waals surface area contributed by atoms with Gasteiger partial charge in [0, 0.05) is 0 Å². The molecule has 3 unspecified atom stereocenters. The molecule has 0 N–H and O–H groups in total. The van der Waals surface area contributed by atoms with Crippen LogP contribution in [0.25, 0.3) is 0 Å². The minimum Gasteiger partial charge on any atom is -0.0654 e. The molecule has 0 nitrogen and oxygen atoms in total. The van der Waals surface area contributed by atoms with E-state index in [1.165, 1.54) is 19.3 Å². The lowest BCUT2D eigenvalue weighted by molar-refractivity contribution is 0.134. The van der Waals surface area contributed by atoms with E-state index in [4.69, 9.17) is 0 Å². The average Bonchev–Trinajstić information content (AvgIpc) is 2.16. The molecule has 0 heterocycles. The van der Waals surface area contributed by atoms with Crippen LogP contribution in [0.2, 0.25) is 0 Å². The second-order valence-corrected chi connectivity index (χ2v) is 6.96. The summed E-state index contributed by atoms with van der Waals surface area (Å²) >= 11 is 0. The molecule has 0 heteroatoms. The Bertz CT molecular complexity index is 178. The highest BCUT2D eigenvalue weighted by Gasteiger charge is 2.29. The van der Waals surface area contributed by atoms with Gasteiger partial charge >= 0.3 is 0 Å². The standard InChI is InChI=1S/C16H34/c1-9-10-14(5)16(7,8)11-13(4)15(6)12(2)3/h12-15H,9-11H2,1-8H3. The van der Waals surface area contributed by atoms with Crippen LogP contribution in [-0.2, 0) is 0 Å². The highest BCUT2D eigenvalue weighted by Crippen LogP contribution is 2.39. The zero-order chi connectivity index (χ0) is 12.9. The highest BCUT2D eigenvalue weighted by atomic mass is 14.3.